The molecule has 0 aliphatic rings. The molecule has 144 valence electrons. The Labute approximate surface area is 160 Å². The minimum Gasteiger partial charge on any atom is -0.468 e. The molecule has 1 aromatic carbocycles. The molecule has 0 radical (unpaired) electrons. The molecule has 27 heavy (non-hydrogen) atoms. The van der Waals surface area contributed by atoms with Crippen LogP contribution in [0.1, 0.15) is 16.6 Å². The van der Waals surface area contributed by atoms with Crippen LogP contribution in [0, 0.1) is 12.7 Å². The summed E-state index contributed by atoms with van der Waals surface area (Å²) < 4.78 is 71.9. The lowest BCUT2D eigenvalue weighted by atomic mass is 10.2. The van der Waals surface area contributed by atoms with Crippen molar-refractivity contribution in [2.45, 2.75) is 21.3 Å². The monoisotopic (exact) mass is 429 g/mol. The van der Waals surface area contributed by atoms with E-state index < -0.39 is 37.5 Å². The van der Waals surface area contributed by atoms with E-state index in [2.05, 4.69) is 4.72 Å². The van der Waals surface area contributed by atoms with Gasteiger partial charge in [0.1, 0.15) is 21.0 Å². The van der Waals surface area contributed by atoms with Gasteiger partial charge in [0.25, 0.3) is 0 Å². The first kappa shape index (κ1) is 19.7. The Bertz CT molecular complexity index is 1120. The number of hydrogen-bond donors (Lipinski definition) is 1. The second-order valence-corrected chi connectivity index (χ2v) is 10.8. The van der Waals surface area contributed by atoms with Crippen LogP contribution in [0.15, 0.2) is 67.6 Å². The summed E-state index contributed by atoms with van der Waals surface area (Å²) >= 11 is 1.04. The molecule has 1 atom stereocenters. The summed E-state index contributed by atoms with van der Waals surface area (Å²) in [6, 6.07) is 9.34. The highest BCUT2D eigenvalue weighted by Gasteiger charge is 2.33. The van der Waals surface area contributed by atoms with Crippen LogP contribution in [-0.2, 0) is 19.9 Å². The minimum atomic E-state index is -4.04. The molecule has 3 aromatic rings. The second kappa shape index (κ2) is 7.55. The molecule has 1 N–H and O–H groups in total. The van der Waals surface area contributed by atoms with Gasteiger partial charge < -0.3 is 4.42 Å². The number of halogens is 1. The lowest BCUT2D eigenvalue weighted by molar-refractivity contribution is 0.487. The summed E-state index contributed by atoms with van der Waals surface area (Å²) in [5.74, 6) is -0.429. The zero-order valence-electron chi connectivity index (χ0n) is 14.1. The van der Waals surface area contributed by atoms with E-state index in [9.17, 15) is 21.2 Å². The van der Waals surface area contributed by atoms with Gasteiger partial charge in [-0.25, -0.2) is 25.9 Å². The number of furan rings is 1. The van der Waals surface area contributed by atoms with Gasteiger partial charge in [-0.2, -0.15) is 0 Å². The van der Waals surface area contributed by atoms with Crippen molar-refractivity contribution in [3.8, 4) is 0 Å². The Hall–Kier alpha value is -2.01. The van der Waals surface area contributed by atoms with Crippen molar-refractivity contribution in [2.24, 2.45) is 0 Å². The number of benzene rings is 1. The highest BCUT2D eigenvalue weighted by molar-refractivity contribution is 7.93. The summed E-state index contributed by atoms with van der Waals surface area (Å²) in [6.45, 7) is 1.04. The first-order valence-electron chi connectivity index (χ1n) is 7.78. The Morgan fingerprint density at radius 1 is 1.15 bits per heavy atom. The van der Waals surface area contributed by atoms with Gasteiger partial charge in [0.15, 0.2) is 9.84 Å². The zero-order valence-corrected chi connectivity index (χ0v) is 16.6. The van der Waals surface area contributed by atoms with Gasteiger partial charge in [0.05, 0.1) is 11.2 Å². The molecular weight excluding hydrogens is 413 g/mol. The van der Waals surface area contributed by atoms with Gasteiger partial charge in [0, 0.05) is 6.54 Å². The fourth-order valence-corrected chi connectivity index (χ4v) is 6.75. The fourth-order valence-electron chi connectivity index (χ4n) is 2.58. The summed E-state index contributed by atoms with van der Waals surface area (Å²) in [7, 11) is -7.91. The number of sulfone groups is 1. The predicted molar refractivity (Wildman–Crippen MR) is 99.3 cm³/mol. The maximum absolute atomic E-state index is 13.2. The summed E-state index contributed by atoms with van der Waals surface area (Å²) in [5, 5.41) is 0.389. The third-order valence-electron chi connectivity index (χ3n) is 3.90. The Balaban J connectivity index is 1.92. The highest BCUT2D eigenvalue weighted by atomic mass is 32.2. The van der Waals surface area contributed by atoms with Gasteiger partial charge in [-0.05, 0) is 54.3 Å². The van der Waals surface area contributed by atoms with Gasteiger partial charge in [-0.1, -0.05) is 6.07 Å². The van der Waals surface area contributed by atoms with Crippen molar-refractivity contribution in [1.29, 1.82) is 0 Å². The van der Waals surface area contributed by atoms with Crippen LogP contribution in [0.3, 0.4) is 0 Å². The molecule has 10 heteroatoms. The number of sulfonamides is 1. The molecule has 0 amide bonds. The smallest absolute Gasteiger partial charge is 0.240 e. The average Bonchev–Trinajstić information content (AvgIpc) is 3.28. The third kappa shape index (κ3) is 4.13. The lowest BCUT2D eigenvalue weighted by Crippen LogP contribution is -2.32. The topological polar surface area (TPSA) is 93.4 Å². The quantitative estimate of drug-likeness (QED) is 0.622. The molecule has 0 aliphatic heterocycles. The molecular formula is C17H16FNO5S3. The largest absolute Gasteiger partial charge is 0.468 e. The van der Waals surface area contributed by atoms with Crippen molar-refractivity contribution in [2.75, 3.05) is 6.54 Å². The summed E-state index contributed by atoms with van der Waals surface area (Å²) in [6.07, 6.45) is 1.32. The van der Waals surface area contributed by atoms with Crippen molar-refractivity contribution < 1.29 is 25.6 Å². The van der Waals surface area contributed by atoms with E-state index in [1.165, 1.54) is 31.4 Å². The third-order valence-corrected chi connectivity index (χ3v) is 8.97. The summed E-state index contributed by atoms with van der Waals surface area (Å²) in [5.41, 5.74) is 0.221. The van der Waals surface area contributed by atoms with E-state index in [0.29, 0.717) is 0 Å². The maximum atomic E-state index is 13.2. The molecule has 2 aromatic heterocycles. The molecule has 2 heterocycles. The number of hydrogen-bond acceptors (Lipinski definition) is 6. The normalized spacial score (nSPS) is 13.6. The number of thiophene rings is 1. The Morgan fingerprint density at radius 3 is 2.52 bits per heavy atom. The van der Waals surface area contributed by atoms with Crippen molar-refractivity contribution in [3.05, 3.63) is 71.2 Å². The molecule has 0 spiro atoms. The minimum absolute atomic E-state index is 0.112. The van der Waals surface area contributed by atoms with E-state index in [-0.39, 0.29) is 20.4 Å². The van der Waals surface area contributed by atoms with Gasteiger partial charge in [0.2, 0.25) is 10.0 Å². The highest BCUT2D eigenvalue weighted by Crippen LogP contribution is 2.31. The van der Waals surface area contributed by atoms with Crippen LogP contribution < -0.4 is 4.72 Å². The molecule has 0 unspecified atom stereocenters. The average molecular weight is 430 g/mol. The first-order valence-corrected chi connectivity index (χ1v) is 11.7. The van der Waals surface area contributed by atoms with E-state index in [0.717, 1.165) is 29.5 Å². The lowest BCUT2D eigenvalue weighted by Gasteiger charge is -2.16. The second-order valence-electron chi connectivity index (χ2n) is 5.74. The zero-order chi connectivity index (χ0) is 19.7. The van der Waals surface area contributed by atoms with Gasteiger partial charge in [-0.15, -0.1) is 11.3 Å². The maximum Gasteiger partial charge on any atom is 0.240 e. The van der Waals surface area contributed by atoms with Gasteiger partial charge >= 0.3 is 0 Å². The number of rotatable bonds is 7. The molecule has 0 aliphatic carbocycles. The Morgan fingerprint density at radius 2 is 1.93 bits per heavy atom. The van der Waals surface area contributed by atoms with Gasteiger partial charge in [-0.3, -0.25) is 0 Å². The molecule has 6 nitrogen and oxygen atoms in total. The van der Waals surface area contributed by atoms with E-state index >= 15 is 0 Å². The van der Waals surface area contributed by atoms with Crippen LogP contribution >= 0.6 is 11.3 Å². The number of aryl methyl sites for hydroxylation is 1. The standard InChI is InChI=1S/C17H16FNO5S3/c1-12-10-13(18)6-7-15(12)27(22,23)19-11-16(14-4-2-8-24-14)26(20,21)17-5-3-9-25-17/h2-10,16,19H,11H2,1H3/t16-/m1/s1. The van der Waals surface area contributed by atoms with Crippen molar-refractivity contribution in [3.63, 3.8) is 0 Å². The predicted octanol–water partition coefficient (Wildman–Crippen LogP) is 3.28. The van der Waals surface area contributed by atoms with Crippen molar-refractivity contribution >= 4 is 31.2 Å². The van der Waals surface area contributed by atoms with E-state index in [1.54, 1.807) is 11.4 Å². The molecule has 0 saturated heterocycles. The van der Waals surface area contributed by atoms with E-state index in [4.69, 9.17) is 4.42 Å². The van der Waals surface area contributed by atoms with Crippen LogP contribution in [0.5, 0.6) is 0 Å². The first-order chi connectivity index (χ1) is 12.7. The van der Waals surface area contributed by atoms with Crippen LogP contribution in [0.2, 0.25) is 0 Å². The Kier molecular flexibility index (Phi) is 5.52. The number of nitrogens with one attached hydrogen (secondary N) is 1. The molecule has 3 rings (SSSR count). The molecule has 0 bridgehead atoms. The van der Waals surface area contributed by atoms with Crippen LogP contribution in [0.25, 0.3) is 0 Å². The molecule has 0 fully saturated rings. The van der Waals surface area contributed by atoms with Crippen molar-refractivity contribution in [1.82, 2.24) is 4.72 Å². The van der Waals surface area contributed by atoms with Crippen LogP contribution in [-0.4, -0.2) is 23.4 Å². The fraction of sp³-hybridized carbons (Fsp3) is 0.176. The summed E-state index contributed by atoms with van der Waals surface area (Å²) in [4.78, 5) is -0.115. The van der Waals surface area contributed by atoms with Crippen LogP contribution in [0.4, 0.5) is 4.39 Å². The SMILES string of the molecule is Cc1cc(F)ccc1S(=O)(=O)NC[C@H](c1ccco1)S(=O)(=O)c1cccs1. The molecule has 0 saturated carbocycles. The van der Waals surface area contributed by atoms with E-state index in [1.807, 2.05) is 0 Å².